The molecule has 0 atom stereocenters. The number of rotatable bonds is 2. The Morgan fingerprint density at radius 2 is 1.69 bits per heavy atom. The van der Waals surface area contributed by atoms with E-state index in [9.17, 15) is 18.0 Å². The van der Waals surface area contributed by atoms with E-state index in [1.807, 2.05) is 0 Å². The van der Waals surface area contributed by atoms with E-state index in [-0.39, 0.29) is 5.91 Å². The molecule has 3 nitrogen and oxygen atoms in total. The van der Waals surface area contributed by atoms with E-state index in [4.69, 9.17) is 0 Å². The molecule has 0 spiro atoms. The van der Waals surface area contributed by atoms with Crippen LogP contribution in [0.1, 0.15) is 23.2 Å². The maximum Gasteiger partial charge on any atom is 0.254 e. The number of aromatic nitrogens is 1. The Morgan fingerprint density at radius 1 is 0.923 bits per heavy atom. The molecular weight excluding hydrogens is 341 g/mol. The van der Waals surface area contributed by atoms with Gasteiger partial charge in [0, 0.05) is 24.0 Å². The van der Waals surface area contributed by atoms with Gasteiger partial charge in [-0.2, -0.15) is 0 Å². The van der Waals surface area contributed by atoms with Crippen molar-refractivity contribution in [3.8, 4) is 11.3 Å². The highest BCUT2D eigenvalue weighted by molar-refractivity contribution is 6.07. The standard InChI is InChI=1S/C20H15F3N2O/c21-13-4-6-18-14(10-13)15(20(26)25-7-1-2-8-25)11-19(24-18)12-3-5-16(22)17(23)9-12/h3-6,9-11H,1-2,7-8H2. The molecule has 3 aromatic rings. The normalized spacial score (nSPS) is 14.2. The molecule has 1 aliphatic rings. The Balaban J connectivity index is 1.91. The van der Waals surface area contributed by atoms with Crippen LogP contribution in [-0.2, 0) is 0 Å². The van der Waals surface area contributed by atoms with Crippen molar-refractivity contribution in [2.75, 3.05) is 13.1 Å². The highest BCUT2D eigenvalue weighted by atomic mass is 19.2. The van der Waals surface area contributed by atoms with Crippen molar-refractivity contribution in [3.05, 3.63) is 65.5 Å². The van der Waals surface area contributed by atoms with Gasteiger partial charge in [-0.1, -0.05) is 0 Å². The van der Waals surface area contributed by atoms with Crippen molar-refractivity contribution in [2.24, 2.45) is 0 Å². The van der Waals surface area contributed by atoms with E-state index in [2.05, 4.69) is 4.98 Å². The highest BCUT2D eigenvalue weighted by Crippen LogP contribution is 2.28. The third-order valence-electron chi connectivity index (χ3n) is 4.61. The van der Waals surface area contributed by atoms with E-state index in [1.54, 1.807) is 4.90 Å². The number of halogens is 3. The number of fused-ring (bicyclic) bond motifs is 1. The van der Waals surface area contributed by atoms with Crippen LogP contribution < -0.4 is 0 Å². The van der Waals surface area contributed by atoms with Crippen molar-refractivity contribution >= 4 is 16.8 Å². The van der Waals surface area contributed by atoms with E-state index < -0.39 is 17.5 Å². The second-order valence-corrected chi connectivity index (χ2v) is 6.34. The number of carbonyl (C=O) groups is 1. The second kappa shape index (κ2) is 6.44. The lowest BCUT2D eigenvalue weighted by Crippen LogP contribution is -2.28. The Labute approximate surface area is 148 Å². The Hall–Kier alpha value is -2.89. The lowest BCUT2D eigenvalue weighted by molar-refractivity contribution is 0.0794. The molecule has 0 unspecified atom stereocenters. The summed E-state index contributed by atoms with van der Waals surface area (Å²) in [7, 11) is 0. The lowest BCUT2D eigenvalue weighted by Gasteiger charge is -2.17. The predicted molar refractivity (Wildman–Crippen MR) is 92.2 cm³/mol. The van der Waals surface area contributed by atoms with Crippen LogP contribution in [0.25, 0.3) is 22.2 Å². The lowest BCUT2D eigenvalue weighted by atomic mass is 10.0. The van der Waals surface area contributed by atoms with E-state index >= 15 is 0 Å². The third-order valence-corrected chi connectivity index (χ3v) is 4.61. The van der Waals surface area contributed by atoms with Gasteiger partial charge in [0.15, 0.2) is 11.6 Å². The van der Waals surface area contributed by atoms with Gasteiger partial charge in [0.2, 0.25) is 0 Å². The van der Waals surface area contributed by atoms with Crippen LogP contribution in [0.5, 0.6) is 0 Å². The zero-order chi connectivity index (χ0) is 18.3. The highest BCUT2D eigenvalue weighted by Gasteiger charge is 2.23. The Kier molecular flexibility index (Phi) is 4.11. The van der Waals surface area contributed by atoms with Gasteiger partial charge >= 0.3 is 0 Å². The fraction of sp³-hybridized carbons (Fsp3) is 0.200. The molecule has 1 saturated heterocycles. The molecule has 1 aromatic heterocycles. The monoisotopic (exact) mass is 356 g/mol. The van der Waals surface area contributed by atoms with Gasteiger partial charge < -0.3 is 4.90 Å². The number of hydrogen-bond donors (Lipinski definition) is 0. The average Bonchev–Trinajstić information content (AvgIpc) is 3.17. The van der Waals surface area contributed by atoms with Gasteiger partial charge in [-0.15, -0.1) is 0 Å². The number of hydrogen-bond acceptors (Lipinski definition) is 2. The summed E-state index contributed by atoms with van der Waals surface area (Å²) in [5.41, 5.74) is 1.43. The summed E-state index contributed by atoms with van der Waals surface area (Å²) in [6, 6.07) is 9.00. The molecule has 6 heteroatoms. The zero-order valence-corrected chi connectivity index (χ0v) is 13.8. The summed E-state index contributed by atoms with van der Waals surface area (Å²) in [4.78, 5) is 19.0. The first-order chi connectivity index (χ1) is 12.5. The van der Waals surface area contributed by atoms with Crippen LogP contribution in [0.3, 0.4) is 0 Å². The smallest absolute Gasteiger partial charge is 0.254 e. The van der Waals surface area contributed by atoms with Crippen LogP contribution in [0.15, 0.2) is 42.5 Å². The van der Waals surface area contributed by atoms with Crippen LogP contribution >= 0.6 is 0 Å². The number of pyridine rings is 1. The minimum Gasteiger partial charge on any atom is -0.339 e. The van der Waals surface area contributed by atoms with E-state index in [0.717, 1.165) is 25.0 Å². The van der Waals surface area contributed by atoms with E-state index in [1.165, 1.54) is 30.3 Å². The first-order valence-corrected chi connectivity index (χ1v) is 8.38. The van der Waals surface area contributed by atoms with Gasteiger partial charge in [-0.05, 0) is 55.3 Å². The maximum atomic E-state index is 13.7. The summed E-state index contributed by atoms with van der Waals surface area (Å²) in [5.74, 6) is -2.61. The largest absolute Gasteiger partial charge is 0.339 e. The topological polar surface area (TPSA) is 33.2 Å². The first-order valence-electron chi connectivity index (χ1n) is 8.38. The van der Waals surface area contributed by atoms with Crippen molar-refractivity contribution in [2.45, 2.75) is 12.8 Å². The minimum atomic E-state index is -0.990. The molecule has 0 radical (unpaired) electrons. The van der Waals surface area contributed by atoms with Crippen molar-refractivity contribution < 1.29 is 18.0 Å². The number of likely N-dealkylation sites (tertiary alicyclic amines) is 1. The van der Waals surface area contributed by atoms with Gasteiger partial charge in [0.25, 0.3) is 5.91 Å². The van der Waals surface area contributed by atoms with Gasteiger partial charge in [0.1, 0.15) is 5.82 Å². The zero-order valence-electron chi connectivity index (χ0n) is 13.8. The molecule has 0 aliphatic carbocycles. The molecule has 132 valence electrons. The molecule has 2 heterocycles. The number of nitrogens with zero attached hydrogens (tertiary/aromatic N) is 2. The molecule has 0 bridgehead atoms. The number of benzene rings is 2. The summed E-state index contributed by atoms with van der Waals surface area (Å²) in [6.07, 6.45) is 1.86. The molecule has 1 aliphatic heterocycles. The van der Waals surface area contributed by atoms with Gasteiger partial charge in [0.05, 0.1) is 16.8 Å². The molecule has 0 N–H and O–H groups in total. The molecule has 2 aromatic carbocycles. The van der Waals surface area contributed by atoms with Gasteiger partial charge in [-0.25, -0.2) is 18.2 Å². The van der Waals surface area contributed by atoms with Crippen molar-refractivity contribution in [1.82, 2.24) is 9.88 Å². The quantitative estimate of drug-likeness (QED) is 0.675. The van der Waals surface area contributed by atoms with Crippen LogP contribution in [0.2, 0.25) is 0 Å². The third kappa shape index (κ3) is 2.92. The summed E-state index contributed by atoms with van der Waals surface area (Å²) >= 11 is 0. The molecule has 4 rings (SSSR count). The van der Waals surface area contributed by atoms with E-state index in [0.29, 0.717) is 40.8 Å². The van der Waals surface area contributed by atoms with Crippen molar-refractivity contribution in [3.63, 3.8) is 0 Å². The van der Waals surface area contributed by atoms with Gasteiger partial charge in [-0.3, -0.25) is 4.79 Å². The molecule has 1 fully saturated rings. The second-order valence-electron chi connectivity index (χ2n) is 6.34. The molecular formula is C20H15F3N2O. The fourth-order valence-electron chi connectivity index (χ4n) is 3.27. The molecule has 26 heavy (non-hydrogen) atoms. The Morgan fingerprint density at radius 3 is 2.42 bits per heavy atom. The maximum absolute atomic E-state index is 13.7. The van der Waals surface area contributed by atoms with Crippen LogP contribution in [0.4, 0.5) is 13.2 Å². The number of amides is 1. The fourth-order valence-corrected chi connectivity index (χ4v) is 3.27. The average molecular weight is 356 g/mol. The molecule has 0 saturated carbocycles. The van der Waals surface area contributed by atoms with Crippen LogP contribution in [0, 0.1) is 17.5 Å². The minimum absolute atomic E-state index is 0.204. The SMILES string of the molecule is O=C(c1cc(-c2ccc(F)c(F)c2)nc2ccc(F)cc12)N1CCCC1. The summed E-state index contributed by atoms with van der Waals surface area (Å²) in [5, 5.41) is 0.410. The summed E-state index contributed by atoms with van der Waals surface area (Å²) in [6.45, 7) is 1.30. The number of carbonyl (C=O) groups excluding carboxylic acids is 1. The predicted octanol–water partition coefficient (Wildman–Crippen LogP) is 4.56. The summed E-state index contributed by atoms with van der Waals surface area (Å²) < 4.78 is 40.6. The van der Waals surface area contributed by atoms with Crippen LogP contribution in [-0.4, -0.2) is 28.9 Å². The van der Waals surface area contributed by atoms with Crippen molar-refractivity contribution in [1.29, 1.82) is 0 Å². The Bertz CT molecular complexity index is 1010. The first kappa shape index (κ1) is 16.6. The molecule has 1 amide bonds.